The van der Waals surface area contributed by atoms with Crippen molar-refractivity contribution in [2.24, 2.45) is 12.0 Å². The number of aromatic nitrogens is 2. The second kappa shape index (κ2) is 16.8. The highest BCUT2D eigenvalue weighted by Gasteiger charge is 2.26. The van der Waals surface area contributed by atoms with Crippen LogP contribution in [0.3, 0.4) is 0 Å². The minimum atomic E-state index is -0.195. The number of carbonyl (C=O) groups is 1. The van der Waals surface area contributed by atoms with Crippen LogP contribution in [-0.2, 0) is 24.7 Å². The summed E-state index contributed by atoms with van der Waals surface area (Å²) in [6.07, 6.45) is 9.29. The Labute approximate surface area is 298 Å². The second-order valence-electron chi connectivity index (χ2n) is 13.4. The van der Waals surface area contributed by atoms with Crippen LogP contribution in [0.15, 0.2) is 58.7 Å². The number of hydrogen-bond donors (Lipinski definition) is 3. The molecule has 3 N–H and O–H groups in total. The number of rotatable bonds is 12. The number of allylic oxidation sites excluding steroid dienone is 1. The average Bonchev–Trinajstić information content (AvgIpc) is 3.42. The molecule has 1 saturated heterocycles. The van der Waals surface area contributed by atoms with E-state index < -0.39 is 0 Å². The quantitative estimate of drug-likeness (QED) is 0.167. The fraction of sp³-hybridized carbons (Fsp3) is 0.475. The van der Waals surface area contributed by atoms with Gasteiger partial charge in [-0.05, 0) is 101 Å². The van der Waals surface area contributed by atoms with Gasteiger partial charge in [0.25, 0.3) is 5.91 Å². The molecule has 5 rings (SSSR count). The number of halogens is 1. The molecule has 0 radical (unpaired) electrons. The van der Waals surface area contributed by atoms with Gasteiger partial charge in [0.05, 0.1) is 27.8 Å². The zero-order valence-corrected chi connectivity index (χ0v) is 31.2. The predicted octanol–water partition coefficient (Wildman–Crippen LogP) is 8.56. The Morgan fingerprint density at radius 1 is 1.06 bits per heavy atom. The van der Waals surface area contributed by atoms with E-state index in [0.717, 1.165) is 122 Å². The lowest BCUT2D eigenvalue weighted by Crippen LogP contribution is -2.45. The molecule has 0 aliphatic carbocycles. The minimum absolute atomic E-state index is 0.195. The zero-order valence-electron chi connectivity index (χ0n) is 30.5. The lowest BCUT2D eigenvalue weighted by molar-refractivity contribution is -0.110. The first-order valence-corrected chi connectivity index (χ1v) is 18.4. The van der Waals surface area contributed by atoms with Crippen molar-refractivity contribution in [2.75, 3.05) is 36.8 Å². The number of benzene rings is 2. The van der Waals surface area contributed by atoms with Crippen molar-refractivity contribution in [1.82, 2.24) is 19.8 Å². The maximum Gasteiger partial charge on any atom is 0.269 e. The molecular weight excluding hydrogens is 630 g/mol. The van der Waals surface area contributed by atoms with Gasteiger partial charge in [0.2, 0.25) is 0 Å². The summed E-state index contributed by atoms with van der Waals surface area (Å²) in [6, 6.07) is 12.6. The lowest BCUT2D eigenvalue weighted by atomic mass is 9.98. The molecule has 0 saturated carbocycles. The van der Waals surface area contributed by atoms with Gasteiger partial charge >= 0.3 is 0 Å². The molecule has 3 aromatic rings. The third-order valence-electron chi connectivity index (χ3n) is 9.98. The van der Waals surface area contributed by atoms with E-state index in [1.165, 1.54) is 11.3 Å². The number of piperidine rings is 1. The van der Waals surface area contributed by atoms with Gasteiger partial charge in [-0.2, -0.15) is 0 Å². The number of imidazole rings is 1. The third-order valence-corrected chi connectivity index (χ3v) is 10.4. The molecule has 0 bridgehead atoms. The fourth-order valence-electron chi connectivity index (χ4n) is 7.05. The summed E-state index contributed by atoms with van der Waals surface area (Å²) in [7, 11) is 2.10. The van der Waals surface area contributed by atoms with Gasteiger partial charge in [-0.3, -0.25) is 14.7 Å². The van der Waals surface area contributed by atoms with Crippen LogP contribution >= 0.6 is 11.6 Å². The van der Waals surface area contributed by atoms with Crippen molar-refractivity contribution in [2.45, 2.75) is 92.5 Å². The molecule has 0 atom stereocenters. The first-order valence-electron chi connectivity index (χ1n) is 18.1. The Kier molecular flexibility index (Phi) is 12.5. The van der Waals surface area contributed by atoms with Gasteiger partial charge in [0, 0.05) is 43.1 Å². The Morgan fingerprint density at radius 3 is 2.47 bits per heavy atom. The van der Waals surface area contributed by atoms with Gasteiger partial charge in [0.15, 0.2) is 5.82 Å². The van der Waals surface area contributed by atoms with Gasteiger partial charge in [-0.15, -0.1) is 0 Å². The van der Waals surface area contributed by atoms with Gasteiger partial charge in [0.1, 0.15) is 5.71 Å². The SMILES string of the molecule is CC/C=C(/Nc1cccc(-c2cccc(NC(=O)C(C)=NC3=C(C)CCN(C4CCNCC4)C3)c2C)c1Cl)c1nc(CC)c(CCC)n1C. The fourth-order valence-corrected chi connectivity index (χ4v) is 7.33. The molecule has 1 aromatic heterocycles. The maximum atomic E-state index is 13.5. The van der Waals surface area contributed by atoms with Crippen LogP contribution in [-0.4, -0.2) is 58.3 Å². The average molecular weight is 684 g/mol. The topological polar surface area (TPSA) is 86.6 Å². The van der Waals surface area contributed by atoms with Gasteiger partial charge < -0.3 is 20.5 Å². The van der Waals surface area contributed by atoms with Crippen molar-refractivity contribution < 1.29 is 4.79 Å². The third kappa shape index (κ3) is 8.36. The molecule has 2 aliphatic rings. The Hall–Kier alpha value is -3.72. The van der Waals surface area contributed by atoms with Gasteiger partial charge in [-0.1, -0.05) is 69.1 Å². The summed E-state index contributed by atoms with van der Waals surface area (Å²) < 4.78 is 2.22. The number of anilines is 2. The number of hydrogen-bond acceptors (Lipinski definition) is 6. The van der Waals surface area contributed by atoms with Crippen LogP contribution in [0.4, 0.5) is 11.4 Å². The van der Waals surface area contributed by atoms with Crippen molar-refractivity contribution >= 4 is 40.3 Å². The number of aliphatic imine (C=N–C) groups is 1. The number of nitrogens with one attached hydrogen (secondary N) is 3. The number of amides is 1. The van der Waals surface area contributed by atoms with Crippen molar-refractivity contribution in [3.63, 3.8) is 0 Å². The van der Waals surface area contributed by atoms with Gasteiger partial charge in [-0.25, -0.2) is 4.98 Å². The Morgan fingerprint density at radius 2 is 1.78 bits per heavy atom. The molecule has 49 heavy (non-hydrogen) atoms. The van der Waals surface area contributed by atoms with E-state index in [1.54, 1.807) is 0 Å². The first-order chi connectivity index (χ1) is 23.7. The van der Waals surface area contributed by atoms with Crippen LogP contribution < -0.4 is 16.0 Å². The summed E-state index contributed by atoms with van der Waals surface area (Å²) in [5.74, 6) is 0.721. The monoisotopic (exact) mass is 683 g/mol. The molecule has 9 heteroatoms. The summed E-state index contributed by atoms with van der Waals surface area (Å²) in [6.45, 7) is 16.5. The summed E-state index contributed by atoms with van der Waals surface area (Å²) in [5.41, 5.74) is 10.5. The number of carbonyl (C=O) groups excluding carboxylic acids is 1. The van der Waals surface area contributed by atoms with Crippen LogP contribution in [0.1, 0.15) is 89.5 Å². The molecule has 2 aromatic carbocycles. The largest absolute Gasteiger partial charge is 0.352 e. The maximum absolute atomic E-state index is 13.5. The highest BCUT2D eigenvalue weighted by molar-refractivity contribution is 6.42. The standard InChI is InChI=1S/C40H54ClN7O/c1-8-13-35(39-45-32(10-3)37(14-9-2)47(39)7)44-34-18-12-16-31(38(34)41)30-15-11-17-33(27(30)5)46-40(49)28(6)43-36-25-48(24-21-26(36)4)29-19-22-42-23-20-29/h11-13,15-18,29,42,44H,8-10,14,19-25H2,1-7H3,(H,46,49)/b35-13+,43-28?. The van der Waals surface area contributed by atoms with Crippen molar-refractivity contribution in [1.29, 1.82) is 0 Å². The summed E-state index contributed by atoms with van der Waals surface area (Å²) in [4.78, 5) is 26.0. The van der Waals surface area contributed by atoms with E-state index >= 15 is 0 Å². The second-order valence-corrected chi connectivity index (χ2v) is 13.7. The first kappa shape index (κ1) is 36.6. The molecule has 1 amide bonds. The smallest absolute Gasteiger partial charge is 0.269 e. The van der Waals surface area contributed by atoms with E-state index in [4.69, 9.17) is 21.6 Å². The van der Waals surface area contributed by atoms with Crippen LogP contribution in [0.5, 0.6) is 0 Å². The summed E-state index contributed by atoms with van der Waals surface area (Å²) in [5, 5.41) is 10.8. The number of aryl methyl sites for hydroxylation is 1. The molecule has 1 fully saturated rings. The van der Waals surface area contributed by atoms with E-state index in [-0.39, 0.29) is 5.91 Å². The molecule has 0 spiro atoms. The predicted molar refractivity (Wildman–Crippen MR) is 207 cm³/mol. The zero-order chi connectivity index (χ0) is 35.1. The molecule has 3 heterocycles. The Bertz CT molecular complexity index is 1740. The van der Waals surface area contributed by atoms with Crippen LogP contribution in [0, 0.1) is 6.92 Å². The highest BCUT2D eigenvalue weighted by Crippen LogP contribution is 2.38. The number of nitrogens with zero attached hydrogens (tertiary/aromatic N) is 4. The van der Waals surface area contributed by atoms with Crippen molar-refractivity contribution in [3.8, 4) is 11.1 Å². The highest BCUT2D eigenvalue weighted by atomic mass is 35.5. The molecule has 2 aliphatic heterocycles. The van der Waals surface area contributed by atoms with E-state index in [9.17, 15) is 4.79 Å². The van der Waals surface area contributed by atoms with Crippen LogP contribution in [0.25, 0.3) is 16.8 Å². The normalized spacial score (nSPS) is 16.7. The molecular formula is C40H54ClN7O. The molecule has 8 nitrogen and oxygen atoms in total. The molecule has 0 unspecified atom stereocenters. The Balaban J connectivity index is 1.36. The van der Waals surface area contributed by atoms with E-state index in [0.29, 0.717) is 16.8 Å². The summed E-state index contributed by atoms with van der Waals surface area (Å²) >= 11 is 7.16. The van der Waals surface area contributed by atoms with E-state index in [1.807, 2.05) is 44.2 Å². The van der Waals surface area contributed by atoms with E-state index in [2.05, 4.69) is 72.3 Å². The van der Waals surface area contributed by atoms with Crippen LogP contribution in [0.2, 0.25) is 5.02 Å². The lowest BCUT2D eigenvalue weighted by Gasteiger charge is -2.37. The van der Waals surface area contributed by atoms with Crippen molar-refractivity contribution in [3.05, 3.63) is 81.5 Å². The molecule has 262 valence electrons. The minimum Gasteiger partial charge on any atom is -0.352 e.